The predicted molar refractivity (Wildman–Crippen MR) is 59.0 cm³/mol. The third-order valence-corrected chi connectivity index (χ3v) is 2.55. The van der Waals surface area contributed by atoms with Gasteiger partial charge in [0.2, 0.25) is 0 Å². The zero-order chi connectivity index (χ0) is 10.8. The van der Waals surface area contributed by atoms with Crippen molar-refractivity contribution in [2.45, 2.75) is 26.3 Å². The van der Waals surface area contributed by atoms with Crippen molar-refractivity contribution in [1.29, 1.82) is 0 Å². The topological polar surface area (TPSA) is 8.80 Å². The fourth-order valence-corrected chi connectivity index (χ4v) is 1.22. The van der Waals surface area contributed by atoms with Gasteiger partial charge in [-0.3, -0.25) is 0 Å². The summed E-state index contributed by atoms with van der Waals surface area (Å²) in [5, 5.41) is 0. The summed E-state index contributed by atoms with van der Waals surface area (Å²) in [6.45, 7) is 13.5. The van der Waals surface area contributed by atoms with Gasteiger partial charge in [-0.15, -0.1) is 0 Å². The van der Waals surface area contributed by atoms with Crippen molar-refractivity contribution in [2.75, 3.05) is 7.05 Å². The van der Waals surface area contributed by atoms with Gasteiger partial charge in [0.25, 0.3) is 0 Å². The van der Waals surface area contributed by atoms with E-state index in [2.05, 4.69) is 32.7 Å². The fourth-order valence-electron chi connectivity index (χ4n) is 1.22. The zero-order valence-electron chi connectivity index (χ0n) is 9.26. The van der Waals surface area contributed by atoms with Gasteiger partial charge in [-0.1, -0.05) is 12.1 Å². The molecule has 1 atom stereocenters. The molecule has 0 radical (unpaired) electrons. The van der Waals surface area contributed by atoms with Gasteiger partial charge in [0.1, 0.15) is 5.69 Å². The molecule has 0 heterocycles. The highest BCUT2D eigenvalue weighted by molar-refractivity contribution is 5.48. The normalized spacial score (nSPS) is 13.4. The smallest absolute Gasteiger partial charge is 0.187 e. The average Bonchev–Trinajstić information content (AvgIpc) is 2.15. The molecule has 0 aromatic heterocycles. The quantitative estimate of drug-likeness (QED) is 0.648. The average molecular weight is 189 g/mol. The fraction of sp³-hybridized carbons (Fsp3) is 0.417. The van der Waals surface area contributed by atoms with Gasteiger partial charge in [0, 0.05) is 0 Å². The SMILES string of the molecule is [C-]#[N+]c1ccc([NH+](C)C(C)(C)C)cc1. The number of benzene rings is 1. The van der Waals surface area contributed by atoms with E-state index in [-0.39, 0.29) is 5.54 Å². The lowest BCUT2D eigenvalue weighted by Crippen LogP contribution is -3.11. The lowest BCUT2D eigenvalue weighted by Gasteiger charge is -2.28. The Hall–Kier alpha value is -1.33. The molecule has 1 N–H and O–H groups in total. The van der Waals surface area contributed by atoms with Crippen LogP contribution in [0.2, 0.25) is 0 Å². The van der Waals surface area contributed by atoms with Gasteiger partial charge in [-0.25, -0.2) is 4.85 Å². The molecule has 0 spiro atoms. The monoisotopic (exact) mass is 189 g/mol. The molecule has 1 unspecified atom stereocenters. The lowest BCUT2D eigenvalue weighted by molar-refractivity contribution is -0.863. The Morgan fingerprint density at radius 3 is 2.00 bits per heavy atom. The van der Waals surface area contributed by atoms with E-state index in [1.165, 1.54) is 10.6 Å². The second-order valence-corrected chi connectivity index (χ2v) is 4.53. The standard InChI is InChI=1S/C12H16N2/c1-12(2,3)14(5)11-8-6-10(13-4)7-9-11/h6-9H,1-3,5H3/p+1. The molecule has 0 aliphatic carbocycles. The van der Waals surface area contributed by atoms with Gasteiger partial charge >= 0.3 is 0 Å². The maximum absolute atomic E-state index is 6.86. The molecular weight excluding hydrogens is 172 g/mol. The van der Waals surface area contributed by atoms with E-state index in [1.54, 1.807) is 0 Å². The molecule has 1 aromatic rings. The van der Waals surface area contributed by atoms with Crippen molar-refractivity contribution in [3.8, 4) is 0 Å². The highest BCUT2D eigenvalue weighted by Gasteiger charge is 2.22. The van der Waals surface area contributed by atoms with E-state index >= 15 is 0 Å². The minimum atomic E-state index is 0.194. The molecule has 14 heavy (non-hydrogen) atoms. The first kappa shape index (κ1) is 10.7. The Balaban J connectivity index is 2.94. The van der Waals surface area contributed by atoms with Crippen LogP contribution < -0.4 is 4.90 Å². The molecule has 0 saturated carbocycles. The van der Waals surface area contributed by atoms with Gasteiger partial charge in [0.05, 0.1) is 19.2 Å². The number of rotatable bonds is 1. The van der Waals surface area contributed by atoms with Gasteiger partial charge in [-0.2, -0.15) is 0 Å². The summed E-state index contributed by atoms with van der Waals surface area (Å²) >= 11 is 0. The molecule has 74 valence electrons. The molecule has 1 aromatic carbocycles. The number of nitrogens with one attached hydrogen (secondary N) is 1. The molecule has 2 heteroatoms. The Kier molecular flexibility index (Phi) is 2.93. The van der Waals surface area contributed by atoms with E-state index < -0.39 is 0 Å². The summed E-state index contributed by atoms with van der Waals surface area (Å²) in [6.07, 6.45) is 0. The van der Waals surface area contributed by atoms with Crippen LogP contribution in [0.5, 0.6) is 0 Å². The Labute approximate surface area is 86.0 Å². The van der Waals surface area contributed by atoms with Crippen molar-refractivity contribution < 1.29 is 4.90 Å². The van der Waals surface area contributed by atoms with Crippen LogP contribution in [0.1, 0.15) is 20.8 Å². The van der Waals surface area contributed by atoms with E-state index in [9.17, 15) is 0 Å². The van der Waals surface area contributed by atoms with Crippen LogP contribution >= 0.6 is 0 Å². The number of quaternary nitrogens is 1. The van der Waals surface area contributed by atoms with Crippen LogP contribution in [-0.2, 0) is 0 Å². The minimum Gasteiger partial charge on any atom is -0.301 e. The second-order valence-electron chi connectivity index (χ2n) is 4.53. The molecule has 0 amide bonds. The molecule has 0 aliphatic rings. The summed E-state index contributed by atoms with van der Waals surface area (Å²) in [5.74, 6) is 0. The highest BCUT2D eigenvalue weighted by Crippen LogP contribution is 2.14. The molecule has 0 saturated heterocycles. The van der Waals surface area contributed by atoms with Crippen LogP contribution in [0.15, 0.2) is 24.3 Å². The van der Waals surface area contributed by atoms with Crippen molar-refractivity contribution in [2.24, 2.45) is 0 Å². The molecule has 0 aliphatic heterocycles. The second kappa shape index (κ2) is 3.81. The van der Waals surface area contributed by atoms with E-state index in [4.69, 9.17) is 6.57 Å². The maximum Gasteiger partial charge on any atom is 0.187 e. The van der Waals surface area contributed by atoms with E-state index in [0.717, 1.165) is 0 Å². The summed E-state index contributed by atoms with van der Waals surface area (Å²) in [6, 6.07) is 7.79. The molecule has 0 fully saturated rings. The first-order chi connectivity index (χ1) is 6.45. The van der Waals surface area contributed by atoms with E-state index in [0.29, 0.717) is 5.69 Å². The Morgan fingerprint density at radius 2 is 1.64 bits per heavy atom. The van der Waals surface area contributed by atoms with Gasteiger partial charge in [0.15, 0.2) is 5.69 Å². The first-order valence-corrected chi connectivity index (χ1v) is 4.77. The summed E-state index contributed by atoms with van der Waals surface area (Å²) in [4.78, 5) is 4.73. The van der Waals surface area contributed by atoms with Crippen molar-refractivity contribution in [3.05, 3.63) is 35.7 Å². The predicted octanol–water partition coefficient (Wildman–Crippen LogP) is 2.18. The molecular formula is C12H17N2+. The third-order valence-electron chi connectivity index (χ3n) is 2.55. The van der Waals surface area contributed by atoms with Crippen LogP contribution in [0.25, 0.3) is 4.85 Å². The van der Waals surface area contributed by atoms with E-state index in [1.807, 2.05) is 24.3 Å². The Morgan fingerprint density at radius 1 is 1.14 bits per heavy atom. The number of hydrogen-bond acceptors (Lipinski definition) is 0. The Bertz CT molecular complexity index is 338. The largest absolute Gasteiger partial charge is 0.301 e. The number of hydrogen-bond donors (Lipinski definition) is 1. The minimum absolute atomic E-state index is 0.194. The molecule has 2 nitrogen and oxygen atoms in total. The van der Waals surface area contributed by atoms with Crippen molar-refractivity contribution in [1.82, 2.24) is 0 Å². The summed E-state index contributed by atoms with van der Waals surface area (Å²) in [7, 11) is 2.15. The van der Waals surface area contributed by atoms with Gasteiger partial charge in [-0.05, 0) is 32.9 Å². The summed E-state index contributed by atoms with van der Waals surface area (Å²) in [5.41, 5.74) is 2.12. The first-order valence-electron chi connectivity index (χ1n) is 4.77. The number of nitrogens with zero attached hydrogens (tertiary/aromatic N) is 1. The van der Waals surface area contributed by atoms with Crippen LogP contribution in [0.4, 0.5) is 11.4 Å². The molecule has 0 bridgehead atoms. The van der Waals surface area contributed by atoms with Crippen molar-refractivity contribution >= 4 is 11.4 Å². The van der Waals surface area contributed by atoms with Crippen molar-refractivity contribution in [3.63, 3.8) is 0 Å². The lowest BCUT2D eigenvalue weighted by atomic mass is 10.1. The highest BCUT2D eigenvalue weighted by atomic mass is 15.2. The maximum atomic E-state index is 6.86. The van der Waals surface area contributed by atoms with Crippen LogP contribution in [0, 0.1) is 6.57 Å². The zero-order valence-corrected chi connectivity index (χ0v) is 9.26. The van der Waals surface area contributed by atoms with Crippen LogP contribution in [0.3, 0.4) is 0 Å². The van der Waals surface area contributed by atoms with Crippen LogP contribution in [-0.4, -0.2) is 12.6 Å². The molecule has 1 rings (SSSR count). The summed E-state index contributed by atoms with van der Waals surface area (Å²) < 4.78 is 0. The van der Waals surface area contributed by atoms with Gasteiger partial charge < -0.3 is 4.90 Å². The third kappa shape index (κ3) is 2.34.